The first kappa shape index (κ1) is 12.1. The average molecular weight is 217 g/mol. The second-order valence-corrected chi connectivity index (χ2v) is 3.44. The molecule has 0 aliphatic heterocycles. The molecule has 0 atom stereocenters. The molecule has 0 bridgehead atoms. The second kappa shape index (κ2) is 6.46. The van der Waals surface area contributed by atoms with Gasteiger partial charge in [0.25, 0.3) is 0 Å². The Morgan fingerprint density at radius 1 is 1.38 bits per heavy atom. The molecule has 0 radical (unpaired) electrons. The molecule has 2 amide bonds. The molecule has 1 aromatic carbocycles. The first-order valence-corrected chi connectivity index (χ1v) is 5.17. The normalized spacial score (nSPS) is 9.25. The highest BCUT2D eigenvalue weighted by Crippen LogP contribution is 2.06. The third-order valence-electron chi connectivity index (χ3n) is 2.27. The van der Waals surface area contributed by atoms with Gasteiger partial charge in [-0.15, -0.1) is 0 Å². The molecule has 0 aliphatic carbocycles. The van der Waals surface area contributed by atoms with E-state index < -0.39 is 0 Å². The number of carbonyl (C=O) groups excluding carboxylic acids is 1. The standard InChI is InChI=1S/C12H15N3O/c1-10-4-2-3-5-11(10)6-8-14-12(16)15-9-7-13/h2-5H,6,8-9H2,1H3,(H2,14,15,16). The summed E-state index contributed by atoms with van der Waals surface area (Å²) in [7, 11) is 0. The third kappa shape index (κ3) is 4.01. The van der Waals surface area contributed by atoms with Crippen LogP contribution in [0.3, 0.4) is 0 Å². The van der Waals surface area contributed by atoms with Gasteiger partial charge in [-0.3, -0.25) is 0 Å². The van der Waals surface area contributed by atoms with Crippen LogP contribution >= 0.6 is 0 Å². The van der Waals surface area contributed by atoms with Gasteiger partial charge < -0.3 is 10.6 Å². The topological polar surface area (TPSA) is 64.9 Å². The Labute approximate surface area is 95.3 Å². The Balaban J connectivity index is 2.29. The van der Waals surface area contributed by atoms with Crippen molar-refractivity contribution >= 4 is 6.03 Å². The van der Waals surface area contributed by atoms with E-state index in [4.69, 9.17) is 5.26 Å². The van der Waals surface area contributed by atoms with Crippen molar-refractivity contribution < 1.29 is 4.79 Å². The van der Waals surface area contributed by atoms with Crippen molar-refractivity contribution in [3.8, 4) is 6.07 Å². The lowest BCUT2D eigenvalue weighted by atomic mass is 10.1. The van der Waals surface area contributed by atoms with Gasteiger partial charge in [-0.2, -0.15) is 5.26 Å². The molecule has 0 saturated carbocycles. The molecule has 0 aliphatic rings. The molecule has 0 saturated heterocycles. The number of hydrogen-bond acceptors (Lipinski definition) is 2. The van der Waals surface area contributed by atoms with Crippen molar-refractivity contribution in [2.24, 2.45) is 0 Å². The van der Waals surface area contributed by atoms with E-state index in [1.165, 1.54) is 11.1 Å². The maximum Gasteiger partial charge on any atom is 0.315 e. The summed E-state index contributed by atoms with van der Waals surface area (Å²) in [6.45, 7) is 2.66. The molecule has 1 rings (SSSR count). The van der Waals surface area contributed by atoms with Crippen molar-refractivity contribution in [3.05, 3.63) is 35.4 Å². The number of carbonyl (C=O) groups is 1. The molecule has 4 heteroatoms. The number of urea groups is 1. The number of benzene rings is 1. The minimum Gasteiger partial charge on any atom is -0.338 e. The fourth-order valence-electron chi connectivity index (χ4n) is 1.38. The Kier molecular flexibility index (Phi) is 4.87. The number of rotatable bonds is 4. The van der Waals surface area contributed by atoms with Gasteiger partial charge in [-0.1, -0.05) is 24.3 Å². The Bertz CT molecular complexity index is 395. The molecule has 1 aromatic rings. The Morgan fingerprint density at radius 3 is 2.81 bits per heavy atom. The zero-order valence-corrected chi connectivity index (χ0v) is 9.29. The fraction of sp³-hybridized carbons (Fsp3) is 0.333. The number of nitrogens with zero attached hydrogens (tertiary/aromatic N) is 1. The first-order valence-electron chi connectivity index (χ1n) is 5.17. The minimum absolute atomic E-state index is 0.0379. The van der Waals surface area contributed by atoms with E-state index in [0.717, 1.165) is 6.42 Å². The predicted molar refractivity (Wildman–Crippen MR) is 61.9 cm³/mol. The predicted octanol–water partition coefficient (Wildman–Crippen LogP) is 1.36. The van der Waals surface area contributed by atoms with E-state index in [9.17, 15) is 4.79 Å². The highest BCUT2D eigenvalue weighted by Gasteiger charge is 1.99. The lowest BCUT2D eigenvalue weighted by Crippen LogP contribution is -2.36. The fourth-order valence-corrected chi connectivity index (χ4v) is 1.38. The van der Waals surface area contributed by atoms with Crippen molar-refractivity contribution in [1.29, 1.82) is 5.26 Å². The van der Waals surface area contributed by atoms with E-state index in [-0.39, 0.29) is 12.6 Å². The molecule has 0 aromatic heterocycles. The first-order chi connectivity index (χ1) is 7.74. The number of hydrogen-bond donors (Lipinski definition) is 2. The van der Waals surface area contributed by atoms with Gasteiger partial charge in [0.1, 0.15) is 6.54 Å². The van der Waals surface area contributed by atoms with E-state index in [2.05, 4.69) is 10.6 Å². The summed E-state index contributed by atoms with van der Waals surface area (Å²) in [5, 5.41) is 13.4. The van der Waals surface area contributed by atoms with Crippen molar-refractivity contribution in [2.45, 2.75) is 13.3 Å². The van der Waals surface area contributed by atoms with Gasteiger partial charge in [0, 0.05) is 6.54 Å². The molecule has 0 spiro atoms. The van der Waals surface area contributed by atoms with Gasteiger partial charge in [-0.25, -0.2) is 4.79 Å². The van der Waals surface area contributed by atoms with Crippen LogP contribution in [0.5, 0.6) is 0 Å². The largest absolute Gasteiger partial charge is 0.338 e. The van der Waals surface area contributed by atoms with Crippen LogP contribution in [0.25, 0.3) is 0 Å². The van der Waals surface area contributed by atoms with Gasteiger partial charge >= 0.3 is 6.03 Å². The monoisotopic (exact) mass is 217 g/mol. The number of nitriles is 1. The van der Waals surface area contributed by atoms with Crippen LogP contribution in [0.2, 0.25) is 0 Å². The third-order valence-corrected chi connectivity index (χ3v) is 2.27. The molecular formula is C12H15N3O. The maximum atomic E-state index is 11.1. The SMILES string of the molecule is Cc1ccccc1CCNC(=O)NCC#N. The van der Waals surface area contributed by atoms with Crippen LogP contribution in [-0.2, 0) is 6.42 Å². The lowest BCUT2D eigenvalue weighted by molar-refractivity contribution is 0.242. The highest BCUT2D eigenvalue weighted by atomic mass is 16.2. The van der Waals surface area contributed by atoms with Gasteiger partial charge in [-0.05, 0) is 24.5 Å². The lowest BCUT2D eigenvalue weighted by Gasteiger charge is -2.07. The second-order valence-electron chi connectivity index (χ2n) is 3.44. The summed E-state index contributed by atoms with van der Waals surface area (Å²) in [5.74, 6) is 0. The van der Waals surface area contributed by atoms with Crippen LogP contribution in [0.15, 0.2) is 24.3 Å². The van der Waals surface area contributed by atoms with Crippen LogP contribution in [0, 0.1) is 18.3 Å². The Hall–Kier alpha value is -2.02. The van der Waals surface area contributed by atoms with Crippen LogP contribution in [-0.4, -0.2) is 19.1 Å². The number of aryl methyl sites for hydroxylation is 1. The smallest absolute Gasteiger partial charge is 0.315 e. The van der Waals surface area contributed by atoms with Crippen molar-refractivity contribution in [3.63, 3.8) is 0 Å². The molecule has 2 N–H and O–H groups in total. The van der Waals surface area contributed by atoms with Gasteiger partial charge in [0.15, 0.2) is 0 Å². The van der Waals surface area contributed by atoms with Crippen LogP contribution in [0.1, 0.15) is 11.1 Å². The molecule has 84 valence electrons. The zero-order valence-electron chi connectivity index (χ0n) is 9.29. The van der Waals surface area contributed by atoms with Gasteiger partial charge in [0.2, 0.25) is 0 Å². The molecule has 16 heavy (non-hydrogen) atoms. The van der Waals surface area contributed by atoms with Crippen LogP contribution in [0.4, 0.5) is 4.79 Å². The average Bonchev–Trinajstić information content (AvgIpc) is 2.29. The summed E-state index contributed by atoms with van der Waals surface area (Å²) in [6.07, 6.45) is 0.798. The summed E-state index contributed by atoms with van der Waals surface area (Å²) >= 11 is 0. The molecule has 0 fully saturated rings. The number of amides is 2. The summed E-state index contributed by atoms with van der Waals surface area (Å²) in [6, 6.07) is 9.62. The molecule has 0 unspecified atom stereocenters. The van der Waals surface area contributed by atoms with Gasteiger partial charge in [0.05, 0.1) is 6.07 Å². The maximum absolute atomic E-state index is 11.1. The van der Waals surface area contributed by atoms with E-state index in [1.807, 2.05) is 37.3 Å². The quantitative estimate of drug-likeness (QED) is 0.748. The van der Waals surface area contributed by atoms with E-state index >= 15 is 0 Å². The Morgan fingerprint density at radius 2 is 2.12 bits per heavy atom. The molecule has 4 nitrogen and oxygen atoms in total. The molecule has 0 heterocycles. The van der Waals surface area contributed by atoms with E-state index in [1.54, 1.807) is 0 Å². The summed E-state index contributed by atoms with van der Waals surface area (Å²) in [4.78, 5) is 11.1. The van der Waals surface area contributed by atoms with Crippen molar-refractivity contribution in [1.82, 2.24) is 10.6 Å². The summed E-state index contributed by atoms with van der Waals surface area (Å²) < 4.78 is 0. The van der Waals surface area contributed by atoms with Crippen LogP contribution < -0.4 is 10.6 Å². The highest BCUT2D eigenvalue weighted by molar-refractivity contribution is 5.74. The van der Waals surface area contributed by atoms with Crippen molar-refractivity contribution in [2.75, 3.05) is 13.1 Å². The zero-order chi connectivity index (χ0) is 11.8. The summed E-state index contributed by atoms with van der Waals surface area (Å²) in [5.41, 5.74) is 2.45. The minimum atomic E-state index is -0.296. The van der Waals surface area contributed by atoms with E-state index in [0.29, 0.717) is 6.54 Å². The number of nitrogens with one attached hydrogen (secondary N) is 2. The molecular weight excluding hydrogens is 202 g/mol.